The van der Waals surface area contributed by atoms with Gasteiger partial charge in [-0.1, -0.05) is 12.1 Å². The second kappa shape index (κ2) is 7.82. The number of amides is 1. The van der Waals surface area contributed by atoms with Crippen LogP contribution in [0.3, 0.4) is 0 Å². The van der Waals surface area contributed by atoms with Crippen LogP contribution in [0.4, 0.5) is 22.4 Å². The molecule has 26 heavy (non-hydrogen) atoms. The number of carbonyl (C=O) groups excluding carboxylic acids is 1. The van der Waals surface area contributed by atoms with Crippen LogP contribution in [-0.2, 0) is 11.2 Å². The minimum atomic E-state index is -4.13. The van der Waals surface area contributed by atoms with Crippen molar-refractivity contribution >= 4 is 6.09 Å². The van der Waals surface area contributed by atoms with Gasteiger partial charge in [-0.3, -0.25) is 4.90 Å². The molecule has 1 aromatic carbocycles. The first-order chi connectivity index (χ1) is 12.3. The highest BCUT2D eigenvalue weighted by atomic mass is 19.4. The number of fused-ring (bicyclic) bond motifs is 1. The first kappa shape index (κ1) is 18.9. The SMILES string of the molecule is O=C1O[C@@H]2CN(CCCC(F)(F)F)C[C@@H]2N1CCCc1ccc(F)cc1. The van der Waals surface area contributed by atoms with Gasteiger partial charge in [0.15, 0.2) is 0 Å². The van der Waals surface area contributed by atoms with E-state index >= 15 is 0 Å². The van der Waals surface area contributed by atoms with E-state index in [2.05, 4.69) is 0 Å². The quantitative estimate of drug-likeness (QED) is 0.684. The topological polar surface area (TPSA) is 32.8 Å². The van der Waals surface area contributed by atoms with Crippen molar-refractivity contribution in [1.82, 2.24) is 9.80 Å². The number of hydrogen-bond donors (Lipinski definition) is 0. The lowest BCUT2D eigenvalue weighted by atomic mass is 10.1. The Hall–Kier alpha value is -1.83. The van der Waals surface area contributed by atoms with Crippen LogP contribution in [0, 0.1) is 5.82 Å². The molecule has 0 aliphatic carbocycles. The zero-order valence-corrected chi connectivity index (χ0v) is 14.3. The number of likely N-dealkylation sites (tertiary alicyclic amines) is 1. The summed E-state index contributed by atoms with van der Waals surface area (Å²) in [6.07, 6.45) is -4.04. The van der Waals surface area contributed by atoms with E-state index in [1.54, 1.807) is 17.0 Å². The molecule has 2 aliphatic heterocycles. The first-order valence-electron chi connectivity index (χ1n) is 8.82. The van der Waals surface area contributed by atoms with Crippen molar-refractivity contribution in [2.75, 3.05) is 26.2 Å². The van der Waals surface area contributed by atoms with Crippen molar-refractivity contribution in [3.05, 3.63) is 35.6 Å². The molecule has 144 valence electrons. The van der Waals surface area contributed by atoms with Gasteiger partial charge in [0.2, 0.25) is 0 Å². The molecule has 0 saturated carbocycles. The Labute approximate surface area is 149 Å². The molecular formula is C18H22F4N2O2. The van der Waals surface area contributed by atoms with Crippen LogP contribution in [0.1, 0.15) is 24.8 Å². The van der Waals surface area contributed by atoms with Gasteiger partial charge >= 0.3 is 12.3 Å². The van der Waals surface area contributed by atoms with E-state index in [0.29, 0.717) is 26.2 Å². The van der Waals surface area contributed by atoms with Gasteiger partial charge in [-0.2, -0.15) is 13.2 Å². The van der Waals surface area contributed by atoms with Gasteiger partial charge < -0.3 is 9.64 Å². The molecule has 0 bridgehead atoms. The number of nitrogens with zero attached hydrogens (tertiary/aromatic N) is 2. The monoisotopic (exact) mass is 374 g/mol. The van der Waals surface area contributed by atoms with Gasteiger partial charge in [0.1, 0.15) is 11.9 Å². The molecule has 0 spiro atoms. The Morgan fingerprint density at radius 1 is 1.08 bits per heavy atom. The fraction of sp³-hybridized carbons (Fsp3) is 0.611. The summed E-state index contributed by atoms with van der Waals surface area (Å²) >= 11 is 0. The summed E-state index contributed by atoms with van der Waals surface area (Å²) in [5.41, 5.74) is 0.996. The van der Waals surface area contributed by atoms with Crippen molar-refractivity contribution in [1.29, 1.82) is 0 Å². The van der Waals surface area contributed by atoms with Gasteiger partial charge in [-0.25, -0.2) is 9.18 Å². The van der Waals surface area contributed by atoms with Crippen LogP contribution in [-0.4, -0.2) is 60.4 Å². The normalized spacial score (nSPS) is 23.4. The second-order valence-corrected chi connectivity index (χ2v) is 6.89. The lowest BCUT2D eigenvalue weighted by molar-refractivity contribution is -0.136. The summed E-state index contributed by atoms with van der Waals surface area (Å²) < 4.78 is 55.0. The lowest BCUT2D eigenvalue weighted by Gasteiger charge is -2.22. The minimum Gasteiger partial charge on any atom is -0.442 e. The maximum Gasteiger partial charge on any atom is 0.410 e. The van der Waals surface area contributed by atoms with E-state index in [1.165, 1.54) is 12.1 Å². The average Bonchev–Trinajstić information content (AvgIpc) is 3.06. The summed E-state index contributed by atoms with van der Waals surface area (Å²) in [4.78, 5) is 15.6. The molecule has 0 unspecified atom stereocenters. The molecule has 0 radical (unpaired) electrons. The number of rotatable bonds is 7. The maximum atomic E-state index is 12.9. The molecule has 4 nitrogen and oxygen atoms in total. The maximum absolute atomic E-state index is 12.9. The van der Waals surface area contributed by atoms with Crippen molar-refractivity contribution in [2.45, 2.75) is 44.0 Å². The van der Waals surface area contributed by atoms with Crippen LogP contribution in [0.25, 0.3) is 0 Å². The molecule has 0 N–H and O–H groups in total. The fourth-order valence-corrected chi connectivity index (χ4v) is 3.63. The number of aryl methyl sites for hydroxylation is 1. The van der Waals surface area contributed by atoms with E-state index in [4.69, 9.17) is 4.74 Å². The molecule has 2 heterocycles. The third-order valence-electron chi connectivity index (χ3n) is 4.91. The molecule has 1 amide bonds. The van der Waals surface area contributed by atoms with Crippen LogP contribution < -0.4 is 0 Å². The molecule has 0 aromatic heterocycles. The van der Waals surface area contributed by atoms with Crippen LogP contribution in [0.5, 0.6) is 0 Å². The number of benzene rings is 1. The Balaban J connectivity index is 1.45. The largest absolute Gasteiger partial charge is 0.442 e. The minimum absolute atomic E-state index is 0.0570. The van der Waals surface area contributed by atoms with E-state index in [9.17, 15) is 22.4 Å². The molecule has 2 aliphatic rings. The van der Waals surface area contributed by atoms with E-state index in [-0.39, 0.29) is 30.5 Å². The summed E-state index contributed by atoms with van der Waals surface area (Å²) in [6, 6.07) is 6.16. The van der Waals surface area contributed by atoms with Gasteiger partial charge in [-0.15, -0.1) is 0 Å². The summed E-state index contributed by atoms with van der Waals surface area (Å²) in [7, 11) is 0. The summed E-state index contributed by atoms with van der Waals surface area (Å²) in [5, 5.41) is 0. The Morgan fingerprint density at radius 2 is 1.81 bits per heavy atom. The Bertz CT molecular complexity index is 621. The lowest BCUT2D eigenvalue weighted by Crippen LogP contribution is -2.39. The Kier molecular flexibility index (Phi) is 5.70. The number of alkyl halides is 3. The highest BCUT2D eigenvalue weighted by molar-refractivity contribution is 5.71. The summed E-state index contributed by atoms with van der Waals surface area (Å²) in [6.45, 7) is 1.91. The highest BCUT2D eigenvalue weighted by Crippen LogP contribution is 2.28. The molecule has 2 saturated heterocycles. The number of hydrogen-bond acceptors (Lipinski definition) is 3. The summed E-state index contributed by atoms with van der Waals surface area (Å²) in [5.74, 6) is -0.281. The second-order valence-electron chi connectivity index (χ2n) is 6.89. The van der Waals surface area contributed by atoms with Crippen LogP contribution in [0.2, 0.25) is 0 Å². The van der Waals surface area contributed by atoms with Gasteiger partial charge in [-0.05, 0) is 43.5 Å². The van der Waals surface area contributed by atoms with Gasteiger partial charge in [0.25, 0.3) is 0 Å². The molecule has 2 fully saturated rings. The Morgan fingerprint density at radius 3 is 2.50 bits per heavy atom. The third-order valence-corrected chi connectivity index (χ3v) is 4.91. The predicted molar refractivity (Wildman–Crippen MR) is 87.2 cm³/mol. The van der Waals surface area contributed by atoms with E-state index in [1.807, 2.05) is 4.90 Å². The van der Waals surface area contributed by atoms with E-state index < -0.39 is 12.6 Å². The molecular weight excluding hydrogens is 352 g/mol. The molecule has 3 rings (SSSR count). The molecule has 8 heteroatoms. The average molecular weight is 374 g/mol. The standard InChI is InChI=1S/C18H22F4N2O2/c19-14-6-4-13(5-7-14)3-1-10-24-15-11-23(9-2-8-18(20,21)22)12-16(15)26-17(24)25/h4-7,15-16H,1-3,8-12H2/t15-,16+/m0/s1. The zero-order chi connectivity index (χ0) is 18.7. The smallest absolute Gasteiger partial charge is 0.410 e. The van der Waals surface area contributed by atoms with Crippen molar-refractivity contribution in [3.63, 3.8) is 0 Å². The fourth-order valence-electron chi connectivity index (χ4n) is 3.63. The van der Waals surface area contributed by atoms with Gasteiger partial charge in [0, 0.05) is 26.1 Å². The third kappa shape index (κ3) is 4.87. The highest BCUT2D eigenvalue weighted by Gasteiger charge is 2.47. The van der Waals surface area contributed by atoms with Crippen molar-refractivity contribution < 1.29 is 27.1 Å². The number of carbonyl (C=O) groups is 1. The molecule has 1 aromatic rings. The number of ether oxygens (including phenoxy) is 1. The molecule has 2 atom stereocenters. The van der Waals surface area contributed by atoms with Crippen LogP contribution in [0.15, 0.2) is 24.3 Å². The van der Waals surface area contributed by atoms with Crippen LogP contribution >= 0.6 is 0 Å². The van der Waals surface area contributed by atoms with Gasteiger partial charge in [0.05, 0.1) is 6.04 Å². The van der Waals surface area contributed by atoms with Crippen molar-refractivity contribution in [3.8, 4) is 0 Å². The number of halogens is 4. The first-order valence-corrected chi connectivity index (χ1v) is 8.82. The zero-order valence-electron chi connectivity index (χ0n) is 14.3. The van der Waals surface area contributed by atoms with Crippen molar-refractivity contribution in [2.24, 2.45) is 0 Å². The predicted octanol–water partition coefficient (Wildman–Crippen LogP) is 3.61. The van der Waals surface area contributed by atoms with E-state index in [0.717, 1.165) is 18.4 Å².